The van der Waals surface area contributed by atoms with Gasteiger partial charge in [0.2, 0.25) is 0 Å². The van der Waals surface area contributed by atoms with Crippen LogP contribution < -0.4 is 5.32 Å². The summed E-state index contributed by atoms with van der Waals surface area (Å²) in [6.07, 6.45) is 1.19. The Morgan fingerprint density at radius 2 is 1.93 bits per heavy atom. The molecule has 0 amide bonds. The Morgan fingerprint density at radius 1 is 1.21 bits per heavy atom. The lowest BCUT2D eigenvalue weighted by Gasteiger charge is -2.19. The van der Waals surface area contributed by atoms with Crippen LogP contribution in [-0.4, -0.2) is 28.6 Å². The van der Waals surface area contributed by atoms with Gasteiger partial charge in [0.1, 0.15) is 11.8 Å². The second-order valence-corrected chi connectivity index (χ2v) is 7.04. The van der Waals surface area contributed by atoms with Crippen LogP contribution in [0.3, 0.4) is 0 Å². The fourth-order valence-electron chi connectivity index (χ4n) is 2.64. The number of phenolic OH excluding ortho intramolecular Hbond substituents is 1. The number of ether oxygens (including phenoxy) is 1. The number of nitro benzene ring substituents is 1. The molecule has 0 spiro atoms. The number of non-ortho nitro benzene ring substituents is 1. The molecule has 0 heterocycles. The fourth-order valence-corrected chi connectivity index (χ4v) is 2.64. The number of carbonyl (C=O) groups is 1. The SMILES string of the molecule is CC(C)CCOC(=O)[C@H](Cc1ccccc1)NCc1cc([N+](=O)[O-])ccc1O. The average Bonchev–Trinajstić information content (AvgIpc) is 2.66. The average molecular weight is 386 g/mol. The lowest BCUT2D eigenvalue weighted by atomic mass is 10.1. The van der Waals surface area contributed by atoms with Gasteiger partial charge in [0.15, 0.2) is 0 Å². The molecular formula is C21H26N2O5. The second-order valence-electron chi connectivity index (χ2n) is 7.04. The number of hydrogen-bond acceptors (Lipinski definition) is 6. The van der Waals surface area contributed by atoms with Gasteiger partial charge in [0.05, 0.1) is 11.5 Å². The summed E-state index contributed by atoms with van der Waals surface area (Å²) in [7, 11) is 0. The number of benzene rings is 2. The lowest BCUT2D eigenvalue weighted by molar-refractivity contribution is -0.384. The van der Waals surface area contributed by atoms with E-state index < -0.39 is 11.0 Å². The highest BCUT2D eigenvalue weighted by atomic mass is 16.6. The van der Waals surface area contributed by atoms with E-state index in [4.69, 9.17) is 4.74 Å². The van der Waals surface area contributed by atoms with E-state index in [-0.39, 0.29) is 24.0 Å². The minimum Gasteiger partial charge on any atom is -0.508 e. The third kappa shape index (κ3) is 6.66. The van der Waals surface area contributed by atoms with E-state index in [1.165, 1.54) is 18.2 Å². The van der Waals surface area contributed by atoms with E-state index in [1.807, 2.05) is 30.3 Å². The zero-order valence-corrected chi connectivity index (χ0v) is 16.1. The summed E-state index contributed by atoms with van der Waals surface area (Å²) in [6.45, 7) is 4.55. The Morgan fingerprint density at radius 3 is 2.57 bits per heavy atom. The first-order valence-electron chi connectivity index (χ1n) is 9.27. The molecule has 2 N–H and O–H groups in total. The molecular weight excluding hydrogens is 360 g/mol. The summed E-state index contributed by atoms with van der Waals surface area (Å²) >= 11 is 0. The number of nitrogens with zero attached hydrogens (tertiary/aromatic N) is 1. The third-order valence-electron chi connectivity index (χ3n) is 4.32. The molecule has 0 radical (unpaired) electrons. The van der Waals surface area contributed by atoms with Crippen LogP contribution in [-0.2, 0) is 22.5 Å². The fraction of sp³-hybridized carbons (Fsp3) is 0.381. The molecule has 2 aromatic rings. The predicted molar refractivity (Wildman–Crippen MR) is 106 cm³/mol. The third-order valence-corrected chi connectivity index (χ3v) is 4.32. The summed E-state index contributed by atoms with van der Waals surface area (Å²) < 4.78 is 5.40. The molecule has 0 fully saturated rings. The highest BCUT2D eigenvalue weighted by Crippen LogP contribution is 2.23. The maximum Gasteiger partial charge on any atom is 0.323 e. The molecule has 1 atom stereocenters. The Bertz CT molecular complexity index is 793. The van der Waals surface area contributed by atoms with Gasteiger partial charge in [-0.25, -0.2) is 0 Å². The summed E-state index contributed by atoms with van der Waals surface area (Å²) in [5, 5.41) is 24.0. The number of carbonyl (C=O) groups excluding carboxylic acids is 1. The first-order chi connectivity index (χ1) is 13.4. The van der Waals surface area contributed by atoms with Crippen molar-refractivity contribution < 1.29 is 19.6 Å². The molecule has 0 saturated carbocycles. The van der Waals surface area contributed by atoms with Gasteiger partial charge in [0, 0.05) is 24.2 Å². The van der Waals surface area contributed by atoms with E-state index in [9.17, 15) is 20.0 Å². The summed E-state index contributed by atoms with van der Waals surface area (Å²) in [6, 6.07) is 12.7. The molecule has 0 aliphatic carbocycles. The van der Waals surface area contributed by atoms with Gasteiger partial charge in [-0.1, -0.05) is 44.2 Å². The van der Waals surface area contributed by atoms with Crippen molar-refractivity contribution in [3.05, 3.63) is 69.8 Å². The molecule has 0 aromatic heterocycles. The lowest BCUT2D eigenvalue weighted by Crippen LogP contribution is -2.39. The molecule has 0 bridgehead atoms. The van der Waals surface area contributed by atoms with Gasteiger partial charge >= 0.3 is 5.97 Å². The Labute approximate surface area is 164 Å². The molecule has 28 heavy (non-hydrogen) atoms. The van der Waals surface area contributed by atoms with Gasteiger partial charge in [-0.15, -0.1) is 0 Å². The van der Waals surface area contributed by atoms with Crippen molar-refractivity contribution in [3.8, 4) is 5.75 Å². The van der Waals surface area contributed by atoms with Gasteiger partial charge in [-0.05, 0) is 30.4 Å². The summed E-state index contributed by atoms with van der Waals surface area (Å²) in [4.78, 5) is 23.0. The van der Waals surface area contributed by atoms with Crippen molar-refractivity contribution in [2.45, 2.75) is 39.3 Å². The Hall–Kier alpha value is -2.93. The van der Waals surface area contributed by atoms with Gasteiger partial charge in [-0.3, -0.25) is 20.2 Å². The maximum atomic E-state index is 12.6. The molecule has 0 unspecified atom stereocenters. The second kappa shape index (κ2) is 10.4. The predicted octanol–water partition coefficient (Wildman–Crippen LogP) is 3.59. The number of aromatic hydroxyl groups is 1. The zero-order chi connectivity index (χ0) is 20.5. The highest BCUT2D eigenvalue weighted by molar-refractivity contribution is 5.76. The van der Waals surface area contributed by atoms with E-state index in [2.05, 4.69) is 19.2 Å². The molecule has 7 nitrogen and oxygen atoms in total. The largest absolute Gasteiger partial charge is 0.508 e. The monoisotopic (exact) mass is 386 g/mol. The smallest absolute Gasteiger partial charge is 0.323 e. The van der Waals surface area contributed by atoms with E-state index in [0.717, 1.165) is 12.0 Å². The normalized spacial score (nSPS) is 12.0. The zero-order valence-electron chi connectivity index (χ0n) is 16.1. The number of hydrogen-bond donors (Lipinski definition) is 2. The Kier molecular flexibility index (Phi) is 7.95. The van der Waals surface area contributed by atoms with Crippen LogP contribution in [0, 0.1) is 16.0 Å². The number of phenols is 1. The van der Waals surface area contributed by atoms with Crippen LogP contribution in [0.2, 0.25) is 0 Å². The van der Waals surface area contributed by atoms with E-state index in [0.29, 0.717) is 24.5 Å². The highest BCUT2D eigenvalue weighted by Gasteiger charge is 2.21. The van der Waals surface area contributed by atoms with Gasteiger partial charge in [-0.2, -0.15) is 0 Å². The van der Waals surface area contributed by atoms with Crippen LogP contribution in [0.15, 0.2) is 48.5 Å². The topological polar surface area (TPSA) is 102 Å². The molecule has 0 aliphatic heterocycles. The summed E-state index contributed by atoms with van der Waals surface area (Å²) in [5.41, 5.74) is 1.19. The quantitative estimate of drug-likeness (QED) is 0.368. The first kappa shape index (κ1) is 21.4. The Balaban J connectivity index is 2.09. The van der Waals surface area contributed by atoms with Crippen LogP contribution in [0.25, 0.3) is 0 Å². The van der Waals surface area contributed by atoms with Crippen molar-refractivity contribution >= 4 is 11.7 Å². The molecule has 7 heteroatoms. The van der Waals surface area contributed by atoms with Gasteiger partial charge < -0.3 is 9.84 Å². The number of rotatable bonds is 10. The van der Waals surface area contributed by atoms with Crippen LogP contribution >= 0.6 is 0 Å². The molecule has 0 saturated heterocycles. The number of esters is 1. The molecule has 2 rings (SSSR count). The van der Waals surface area contributed by atoms with E-state index in [1.54, 1.807) is 0 Å². The van der Waals surface area contributed by atoms with Crippen molar-refractivity contribution in [1.82, 2.24) is 5.32 Å². The standard InChI is InChI=1S/C21H26N2O5/c1-15(2)10-11-28-21(25)19(12-16-6-4-3-5-7-16)22-14-17-13-18(23(26)27)8-9-20(17)24/h3-9,13,15,19,22,24H,10-12,14H2,1-2H3/t19-/m0/s1. The van der Waals surface area contributed by atoms with Crippen LogP contribution in [0.5, 0.6) is 5.75 Å². The van der Waals surface area contributed by atoms with Crippen molar-refractivity contribution in [2.75, 3.05) is 6.61 Å². The summed E-state index contributed by atoms with van der Waals surface area (Å²) in [5.74, 6) is -0.0192. The van der Waals surface area contributed by atoms with Crippen molar-refractivity contribution in [3.63, 3.8) is 0 Å². The minimum atomic E-state index is -0.631. The van der Waals surface area contributed by atoms with E-state index >= 15 is 0 Å². The van der Waals surface area contributed by atoms with Crippen molar-refractivity contribution in [1.29, 1.82) is 0 Å². The van der Waals surface area contributed by atoms with Gasteiger partial charge in [0.25, 0.3) is 5.69 Å². The first-order valence-corrected chi connectivity index (χ1v) is 9.27. The molecule has 2 aromatic carbocycles. The number of nitro groups is 1. The van der Waals surface area contributed by atoms with Crippen LogP contribution in [0.4, 0.5) is 5.69 Å². The number of nitrogens with one attached hydrogen (secondary N) is 1. The minimum absolute atomic E-state index is 0.0651. The van der Waals surface area contributed by atoms with Crippen molar-refractivity contribution in [2.24, 2.45) is 5.92 Å². The molecule has 0 aliphatic rings. The maximum absolute atomic E-state index is 12.6. The molecule has 150 valence electrons. The van der Waals surface area contributed by atoms with Crippen LogP contribution in [0.1, 0.15) is 31.4 Å².